The lowest BCUT2D eigenvalue weighted by Crippen LogP contribution is -2.32. The molecule has 0 radical (unpaired) electrons. The average molecular weight is 340 g/mol. The van der Waals surface area contributed by atoms with Gasteiger partial charge in [0.2, 0.25) is 5.91 Å². The molecule has 5 heteroatoms. The Morgan fingerprint density at radius 1 is 1.25 bits per heavy atom. The van der Waals surface area contributed by atoms with Crippen LogP contribution in [0.4, 0.5) is 0 Å². The summed E-state index contributed by atoms with van der Waals surface area (Å²) in [5.41, 5.74) is 1.04. The fraction of sp³-hybridized carbons (Fsp3) is 0.467. The largest absolute Gasteiger partial charge is 0.481 e. The van der Waals surface area contributed by atoms with Crippen molar-refractivity contribution >= 4 is 27.8 Å². The van der Waals surface area contributed by atoms with Crippen LogP contribution in [0.3, 0.4) is 0 Å². The number of halogens is 1. The summed E-state index contributed by atoms with van der Waals surface area (Å²) in [6.07, 6.45) is 1.71. The number of carbonyl (C=O) groups is 2. The Labute approximate surface area is 126 Å². The second-order valence-electron chi connectivity index (χ2n) is 5.33. The minimum Gasteiger partial charge on any atom is -0.481 e. The molecule has 3 atom stereocenters. The quantitative estimate of drug-likeness (QED) is 0.885. The zero-order valence-corrected chi connectivity index (χ0v) is 12.9. The molecule has 1 unspecified atom stereocenters. The van der Waals surface area contributed by atoms with Gasteiger partial charge in [-0.15, -0.1) is 0 Å². The highest BCUT2D eigenvalue weighted by Crippen LogP contribution is 2.31. The highest BCUT2D eigenvalue weighted by Gasteiger charge is 2.34. The molecule has 1 saturated carbocycles. The maximum absolute atomic E-state index is 12.2. The minimum atomic E-state index is -0.791. The van der Waals surface area contributed by atoms with Gasteiger partial charge in [-0.3, -0.25) is 9.59 Å². The first-order valence-corrected chi connectivity index (χ1v) is 7.55. The summed E-state index contributed by atoms with van der Waals surface area (Å²) in [7, 11) is 0. The van der Waals surface area contributed by atoms with E-state index in [0.29, 0.717) is 19.3 Å². The number of nitrogens with one attached hydrogen (secondary N) is 1. The highest BCUT2D eigenvalue weighted by molar-refractivity contribution is 9.10. The van der Waals surface area contributed by atoms with Gasteiger partial charge >= 0.3 is 5.97 Å². The number of carboxylic acids is 1. The van der Waals surface area contributed by atoms with Gasteiger partial charge < -0.3 is 10.4 Å². The van der Waals surface area contributed by atoms with Crippen LogP contribution in [-0.4, -0.2) is 17.0 Å². The first kappa shape index (κ1) is 15.0. The lowest BCUT2D eigenvalue weighted by Gasteiger charge is -2.17. The number of carbonyl (C=O) groups excluding carboxylic acids is 1. The Hall–Kier alpha value is -1.36. The van der Waals surface area contributed by atoms with E-state index >= 15 is 0 Å². The van der Waals surface area contributed by atoms with E-state index in [1.165, 1.54) is 0 Å². The summed E-state index contributed by atoms with van der Waals surface area (Å²) >= 11 is 3.38. The Bertz CT molecular complexity index is 500. The molecule has 1 aromatic carbocycles. The lowest BCUT2D eigenvalue weighted by molar-refractivity contribution is -0.141. The SMILES string of the molecule is CC(NC(=O)[C@@H]1CC[C@H](C(=O)O)C1)c1ccc(Br)cc1. The van der Waals surface area contributed by atoms with Crippen molar-refractivity contribution in [1.82, 2.24) is 5.32 Å². The number of hydrogen-bond donors (Lipinski definition) is 2. The van der Waals surface area contributed by atoms with Crippen molar-refractivity contribution < 1.29 is 14.7 Å². The van der Waals surface area contributed by atoms with Crippen molar-refractivity contribution in [2.45, 2.75) is 32.2 Å². The zero-order valence-electron chi connectivity index (χ0n) is 11.3. The van der Waals surface area contributed by atoms with Crippen LogP contribution in [0, 0.1) is 11.8 Å². The Kier molecular flexibility index (Phi) is 4.81. The van der Waals surface area contributed by atoms with Gasteiger partial charge in [0.15, 0.2) is 0 Å². The van der Waals surface area contributed by atoms with Gasteiger partial charge in [-0.25, -0.2) is 0 Å². The van der Waals surface area contributed by atoms with Crippen molar-refractivity contribution in [2.75, 3.05) is 0 Å². The highest BCUT2D eigenvalue weighted by atomic mass is 79.9. The van der Waals surface area contributed by atoms with Crippen molar-refractivity contribution in [1.29, 1.82) is 0 Å². The maximum atomic E-state index is 12.2. The van der Waals surface area contributed by atoms with E-state index in [1.807, 2.05) is 31.2 Å². The fourth-order valence-corrected chi connectivity index (χ4v) is 2.87. The van der Waals surface area contributed by atoms with Crippen LogP contribution in [0.25, 0.3) is 0 Å². The van der Waals surface area contributed by atoms with Crippen LogP contribution >= 0.6 is 15.9 Å². The van der Waals surface area contributed by atoms with E-state index in [9.17, 15) is 9.59 Å². The van der Waals surface area contributed by atoms with Crippen LogP contribution in [0.2, 0.25) is 0 Å². The molecule has 1 aliphatic rings. The zero-order chi connectivity index (χ0) is 14.7. The van der Waals surface area contributed by atoms with Crippen molar-refractivity contribution in [3.63, 3.8) is 0 Å². The summed E-state index contributed by atoms with van der Waals surface area (Å²) in [6.45, 7) is 1.94. The molecule has 0 aromatic heterocycles. The van der Waals surface area contributed by atoms with E-state index in [1.54, 1.807) is 0 Å². The van der Waals surface area contributed by atoms with E-state index in [2.05, 4.69) is 21.2 Å². The van der Waals surface area contributed by atoms with Crippen LogP contribution in [0.1, 0.15) is 37.8 Å². The van der Waals surface area contributed by atoms with Crippen LogP contribution in [0.15, 0.2) is 28.7 Å². The maximum Gasteiger partial charge on any atom is 0.306 e. The van der Waals surface area contributed by atoms with E-state index in [4.69, 9.17) is 5.11 Å². The lowest BCUT2D eigenvalue weighted by atomic mass is 10.0. The predicted octanol–water partition coefficient (Wildman–Crippen LogP) is 3.13. The third-order valence-electron chi connectivity index (χ3n) is 3.88. The molecule has 0 saturated heterocycles. The van der Waals surface area contributed by atoms with Gasteiger partial charge in [-0.1, -0.05) is 28.1 Å². The molecule has 20 heavy (non-hydrogen) atoms. The van der Waals surface area contributed by atoms with E-state index in [0.717, 1.165) is 10.0 Å². The molecular weight excluding hydrogens is 322 g/mol. The molecular formula is C15H18BrNO3. The van der Waals surface area contributed by atoms with Crippen LogP contribution in [0.5, 0.6) is 0 Å². The Morgan fingerprint density at radius 3 is 2.40 bits per heavy atom. The summed E-state index contributed by atoms with van der Waals surface area (Å²) in [4.78, 5) is 23.1. The molecule has 0 spiro atoms. The van der Waals surface area contributed by atoms with Crippen LogP contribution in [-0.2, 0) is 9.59 Å². The number of aliphatic carboxylic acids is 1. The molecule has 1 aromatic rings. The topological polar surface area (TPSA) is 66.4 Å². The first-order chi connectivity index (χ1) is 9.47. The third kappa shape index (κ3) is 3.60. The molecule has 2 rings (SSSR count). The summed E-state index contributed by atoms with van der Waals surface area (Å²) in [5.74, 6) is -1.37. The van der Waals surface area contributed by atoms with Crippen LogP contribution < -0.4 is 5.32 Å². The average Bonchev–Trinajstić information content (AvgIpc) is 2.89. The van der Waals surface area contributed by atoms with Gasteiger partial charge in [0.1, 0.15) is 0 Å². The second kappa shape index (κ2) is 6.39. The minimum absolute atomic E-state index is 0.0378. The summed E-state index contributed by atoms with van der Waals surface area (Å²) < 4.78 is 1.000. The molecule has 1 amide bonds. The molecule has 0 heterocycles. The Morgan fingerprint density at radius 2 is 1.85 bits per heavy atom. The normalized spacial score (nSPS) is 23.3. The van der Waals surface area contributed by atoms with Crippen molar-refractivity contribution in [3.8, 4) is 0 Å². The molecule has 4 nitrogen and oxygen atoms in total. The third-order valence-corrected chi connectivity index (χ3v) is 4.41. The molecule has 1 fully saturated rings. The van der Waals surface area contributed by atoms with Crippen molar-refractivity contribution in [3.05, 3.63) is 34.3 Å². The molecule has 0 aliphatic heterocycles. The van der Waals surface area contributed by atoms with Gasteiger partial charge in [-0.05, 0) is 43.9 Å². The standard InChI is InChI=1S/C15H18BrNO3/c1-9(10-4-6-13(16)7-5-10)17-14(18)11-2-3-12(8-11)15(19)20/h4-7,9,11-12H,2-3,8H2,1H3,(H,17,18)(H,19,20)/t9?,11-,12+/m1/s1. The summed E-state index contributed by atoms with van der Waals surface area (Å²) in [5, 5.41) is 11.9. The molecule has 2 N–H and O–H groups in total. The predicted molar refractivity (Wildman–Crippen MR) is 79.2 cm³/mol. The number of amides is 1. The van der Waals surface area contributed by atoms with E-state index in [-0.39, 0.29) is 23.8 Å². The fourth-order valence-electron chi connectivity index (χ4n) is 2.61. The number of benzene rings is 1. The van der Waals surface area contributed by atoms with Gasteiger partial charge in [-0.2, -0.15) is 0 Å². The first-order valence-electron chi connectivity index (χ1n) is 6.76. The smallest absolute Gasteiger partial charge is 0.306 e. The second-order valence-corrected chi connectivity index (χ2v) is 6.24. The monoisotopic (exact) mass is 339 g/mol. The molecule has 1 aliphatic carbocycles. The Balaban J connectivity index is 1.91. The van der Waals surface area contributed by atoms with Gasteiger partial charge in [0.25, 0.3) is 0 Å². The van der Waals surface area contributed by atoms with E-state index < -0.39 is 5.97 Å². The number of hydrogen-bond acceptors (Lipinski definition) is 2. The van der Waals surface area contributed by atoms with Gasteiger partial charge in [0, 0.05) is 10.4 Å². The number of carboxylic acid groups (broad SMARTS) is 1. The van der Waals surface area contributed by atoms with Crippen molar-refractivity contribution in [2.24, 2.45) is 11.8 Å². The molecule has 108 valence electrons. The molecule has 0 bridgehead atoms. The number of rotatable bonds is 4. The van der Waals surface area contributed by atoms with Gasteiger partial charge in [0.05, 0.1) is 12.0 Å². The summed E-state index contributed by atoms with van der Waals surface area (Å²) in [6, 6.07) is 7.73.